The van der Waals surface area contributed by atoms with E-state index in [2.05, 4.69) is 5.32 Å². The molecule has 0 saturated carbocycles. The van der Waals surface area contributed by atoms with Gasteiger partial charge in [0.1, 0.15) is 11.6 Å². The first kappa shape index (κ1) is 15.0. The van der Waals surface area contributed by atoms with E-state index in [1.807, 2.05) is 20.8 Å². The summed E-state index contributed by atoms with van der Waals surface area (Å²) in [7, 11) is 1.60. The zero-order valence-corrected chi connectivity index (χ0v) is 12.1. The van der Waals surface area contributed by atoms with Crippen molar-refractivity contribution in [2.45, 2.75) is 52.2 Å². The molecule has 2 atom stereocenters. The lowest BCUT2D eigenvalue weighted by Gasteiger charge is -2.48. The highest BCUT2D eigenvalue weighted by molar-refractivity contribution is 5.99. The number of nitrogens with zero attached hydrogens (tertiary/aromatic N) is 1. The van der Waals surface area contributed by atoms with Crippen LogP contribution in [0.3, 0.4) is 0 Å². The Bertz CT molecular complexity index is 339. The van der Waals surface area contributed by atoms with Crippen molar-refractivity contribution in [3.63, 3.8) is 0 Å². The molecule has 1 saturated heterocycles. The number of piperazine rings is 1. The first-order valence-corrected chi connectivity index (χ1v) is 6.36. The molecule has 0 bridgehead atoms. The van der Waals surface area contributed by atoms with E-state index in [1.165, 1.54) is 0 Å². The van der Waals surface area contributed by atoms with Crippen molar-refractivity contribution in [2.75, 3.05) is 13.7 Å². The predicted octanol–water partition coefficient (Wildman–Crippen LogP) is 0.783. The quantitative estimate of drug-likeness (QED) is 0.809. The molecule has 0 aromatic heterocycles. The van der Waals surface area contributed by atoms with Crippen molar-refractivity contribution in [3.8, 4) is 0 Å². The first-order chi connectivity index (χ1) is 8.23. The van der Waals surface area contributed by atoms with E-state index in [-0.39, 0.29) is 23.8 Å². The second-order valence-corrected chi connectivity index (χ2v) is 5.77. The molecule has 0 aliphatic carbocycles. The van der Waals surface area contributed by atoms with E-state index < -0.39 is 11.6 Å². The molecular formula is C13H24N2O3. The molecule has 5 heteroatoms. The van der Waals surface area contributed by atoms with Crippen LogP contribution in [-0.2, 0) is 14.3 Å². The van der Waals surface area contributed by atoms with E-state index in [4.69, 9.17) is 4.74 Å². The van der Waals surface area contributed by atoms with Gasteiger partial charge >= 0.3 is 0 Å². The van der Waals surface area contributed by atoms with Gasteiger partial charge in [0.2, 0.25) is 11.8 Å². The van der Waals surface area contributed by atoms with Crippen LogP contribution < -0.4 is 5.32 Å². The van der Waals surface area contributed by atoms with Crippen LogP contribution in [0.5, 0.6) is 0 Å². The number of amides is 2. The van der Waals surface area contributed by atoms with Crippen molar-refractivity contribution < 1.29 is 14.3 Å². The number of rotatable bonds is 4. The summed E-state index contributed by atoms with van der Waals surface area (Å²) in [6.45, 7) is 9.72. The highest BCUT2D eigenvalue weighted by Crippen LogP contribution is 2.26. The Labute approximate surface area is 109 Å². The second-order valence-electron chi connectivity index (χ2n) is 5.77. The fourth-order valence-corrected chi connectivity index (χ4v) is 2.45. The van der Waals surface area contributed by atoms with Gasteiger partial charge in [0.05, 0.1) is 12.6 Å². The number of hydrogen-bond acceptors (Lipinski definition) is 3. The van der Waals surface area contributed by atoms with Gasteiger partial charge in [-0.05, 0) is 26.7 Å². The van der Waals surface area contributed by atoms with Gasteiger partial charge in [0.15, 0.2) is 0 Å². The number of nitrogens with one attached hydrogen (secondary N) is 1. The molecule has 1 aliphatic heterocycles. The molecule has 1 heterocycles. The molecule has 5 nitrogen and oxygen atoms in total. The Morgan fingerprint density at radius 2 is 1.89 bits per heavy atom. The van der Waals surface area contributed by atoms with E-state index in [0.29, 0.717) is 6.61 Å². The summed E-state index contributed by atoms with van der Waals surface area (Å²) in [5.74, 6) is -0.0577. The molecule has 2 amide bonds. The summed E-state index contributed by atoms with van der Waals surface area (Å²) in [5.41, 5.74) is -0.833. The second kappa shape index (κ2) is 5.26. The Morgan fingerprint density at radius 1 is 1.33 bits per heavy atom. The van der Waals surface area contributed by atoms with Crippen molar-refractivity contribution in [1.29, 1.82) is 0 Å². The van der Waals surface area contributed by atoms with Crippen LogP contribution in [0.1, 0.15) is 34.6 Å². The van der Waals surface area contributed by atoms with E-state index in [0.717, 1.165) is 0 Å². The molecular weight excluding hydrogens is 232 g/mol. The lowest BCUT2D eigenvalue weighted by Crippen LogP contribution is -2.71. The molecule has 18 heavy (non-hydrogen) atoms. The lowest BCUT2D eigenvalue weighted by molar-refractivity contribution is -0.160. The monoisotopic (exact) mass is 256 g/mol. The maximum Gasteiger partial charge on any atom is 0.246 e. The number of carbonyl (C=O) groups excluding carboxylic acids is 2. The van der Waals surface area contributed by atoms with Crippen LogP contribution in [0.25, 0.3) is 0 Å². The third-order valence-corrected chi connectivity index (χ3v) is 3.46. The van der Waals surface area contributed by atoms with Gasteiger partial charge in [0, 0.05) is 7.11 Å². The van der Waals surface area contributed by atoms with Crippen molar-refractivity contribution >= 4 is 11.8 Å². The van der Waals surface area contributed by atoms with E-state index in [1.54, 1.807) is 25.9 Å². The first-order valence-electron chi connectivity index (χ1n) is 6.36. The van der Waals surface area contributed by atoms with Gasteiger partial charge < -0.3 is 15.0 Å². The molecule has 0 aromatic carbocycles. The Morgan fingerprint density at radius 3 is 2.33 bits per heavy atom. The highest BCUT2D eigenvalue weighted by atomic mass is 16.5. The van der Waals surface area contributed by atoms with Gasteiger partial charge in [-0.25, -0.2) is 0 Å². The topological polar surface area (TPSA) is 58.6 Å². The minimum absolute atomic E-state index is 0.0286. The summed E-state index contributed by atoms with van der Waals surface area (Å²) in [6.07, 6.45) is 0. The summed E-state index contributed by atoms with van der Waals surface area (Å²) < 4.78 is 5.10. The molecule has 0 spiro atoms. The highest BCUT2D eigenvalue weighted by Gasteiger charge is 2.48. The van der Waals surface area contributed by atoms with Gasteiger partial charge in [-0.15, -0.1) is 0 Å². The lowest BCUT2D eigenvalue weighted by atomic mass is 9.90. The van der Waals surface area contributed by atoms with E-state index >= 15 is 0 Å². The van der Waals surface area contributed by atoms with Gasteiger partial charge in [-0.3, -0.25) is 9.59 Å². The Hall–Kier alpha value is -1.10. The summed E-state index contributed by atoms with van der Waals surface area (Å²) >= 11 is 0. The zero-order valence-electron chi connectivity index (χ0n) is 12.1. The van der Waals surface area contributed by atoms with Crippen molar-refractivity contribution in [2.24, 2.45) is 5.92 Å². The fourth-order valence-electron chi connectivity index (χ4n) is 2.45. The average molecular weight is 256 g/mol. The Balaban J connectivity index is 3.07. The molecule has 0 radical (unpaired) electrons. The third-order valence-electron chi connectivity index (χ3n) is 3.46. The maximum atomic E-state index is 12.5. The van der Waals surface area contributed by atoms with Crippen LogP contribution in [0, 0.1) is 5.92 Å². The van der Waals surface area contributed by atoms with Crippen LogP contribution in [0.15, 0.2) is 0 Å². The van der Waals surface area contributed by atoms with E-state index in [9.17, 15) is 9.59 Å². The smallest absolute Gasteiger partial charge is 0.246 e. The minimum atomic E-state index is -0.833. The van der Waals surface area contributed by atoms with Crippen LogP contribution in [-0.4, -0.2) is 48.1 Å². The standard InChI is InChI=1S/C13H24N2O3/c1-8(2)10-11(16)15(9(3)7-18-6)13(4,5)12(17)14-10/h8-10H,7H2,1-6H3,(H,14,17). The summed E-state index contributed by atoms with van der Waals surface area (Å²) in [5, 5.41) is 2.81. The van der Waals surface area contributed by atoms with Gasteiger partial charge in [-0.2, -0.15) is 0 Å². The number of carbonyl (C=O) groups is 2. The molecule has 1 rings (SSSR count). The maximum absolute atomic E-state index is 12.5. The SMILES string of the molecule is COCC(C)N1C(=O)C(C(C)C)NC(=O)C1(C)C. The summed E-state index contributed by atoms with van der Waals surface area (Å²) in [6, 6.07) is -0.561. The normalized spacial score (nSPS) is 25.3. The number of hydrogen-bond donors (Lipinski definition) is 1. The largest absolute Gasteiger partial charge is 0.383 e. The van der Waals surface area contributed by atoms with Crippen LogP contribution in [0.4, 0.5) is 0 Å². The molecule has 1 N–H and O–H groups in total. The third kappa shape index (κ3) is 2.51. The van der Waals surface area contributed by atoms with Crippen molar-refractivity contribution in [1.82, 2.24) is 10.2 Å². The predicted molar refractivity (Wildman–Crippen MR) is 69.0 cm³/mol. The Kier molecular flexibility index (Phi) is 4.37. The molecule has 2 unspecified atom stereocenters. The molecule has 1 aliphatic rings. The van der Waals surface area contributed by atoms with Gasteiger partial charge in [-0.1, -0.05) is 13.8 Å². The molecule has 104 valence electrons. The zero-order chi connectivity index (χ0) is 14.1. The number of ether oxygens (including phenoxy) is 1. The molecule has 1 fully saturated rings. The molecule has 0 aromatic rings. The van der Waals surface area contributed by atoms with Crippen LogP contribution >= 0.6 is 0 Å². The van der Waals surface area contributed by atoms with Crippen LogP contribution in [0.2, 0.25) is 0 Å². The fraction of sp³-hybridized carbons (Fsp3) is 0.846. The van der Waals surface area contributed by atoms with Crippen molar-refractivity contribution in [3.05, 3.63) is 0 Å². The number of methoxy groups -OCH3 is 1. The summed E-state index contributed by atoms with van der Waals surface area (Å²) in [4.78, 5) is 26.3. The van der Waals surface area contributed by atoms with Gasteiger partial charge in [0.25, 0.3) is 0 Å². The average Bonchev–Trinajstić information content (AvgIpc) is 2.23. The minimum Gasteiger partial charge on any atom is -0.383 e.